The fourth-order valence-electron chi connectivity index (χ4n) is 5.12. The number of hydrogen-bond acceptors (Lipinski definition) is 3. The number of carbonyl (C=O) groups excluding carboxylic acids is 2. The Labute approximate surface area is 147 Å². The molecule has 2 saturated carbocycles. The standard InChI is InChI=1S/C19H26N2O2S/c1-2-10-4-6-13-15(9-10)24-19(16(13)17(20)22)21-18(23)14-8-11-3-5-12(14)7-11/h10-12,14H,2-9H2,1H3,(H2,20,22)(H,21,23)/t10-,11+,12-,14-/m0/s1. The van der Waals surface area contributed by atoms with E-state index < -0.39 is 5.91 Å². The Hall–Kier alpha value is -1.36. The van der Waals surface area contributed by atoms with Crippen LogP contribution < -0.4 is 11.1 Å². The lowest BCUT2D eigenvalue weighted by molar-refractivity contribution is -0.121. The molecule has 3 aliphatic carbocycles. The Kier molecular flexibility index (Phi) is 4.15. The predicted molar refractivity (Wildman–Crippen MR) is 96.2 cm³/mol. The Bertz CT molecular complexity index is 681. The molecule has 0 radical (unpaired) electrons. The highest BCUT2D eigenvalue weighted by atomic mass is 32.1. The lowest BCUT2D eigenvalue weighted by atomic mass is 9.85. The zero-order valence-corrected chi connectivity index (χ0v) is 15.1. The quantitative estimate of drug-likeness (QED) is 0.872. The first kappa shape index (κ1) is 16.1. The van der Waals surface area contributed by atoms with Gasteiger partial charge < -0.3 is 11.1 Å². The predicted octanol–water partition coefficient (Wildman–Crippen LogP) is 3.74. The molecule has 5 heteroatoms. The van der Waals surface area contributed by atoms with Gasteiger partial charge in [-0.1, -0.05) is 19.8 Å². The first-order chi connectivity index (χ1) is 11.6. The molecule has 4 atom stereocenters. The van der Waals surface area contributed by atoms with Gasteiger partial charge in [0.15, 0.2) is 0 Å². The molecular formula is C19H26N2O2S. The van der Waals surface area contributed by atoms with Crippen LogP contribution in [0.5, 0.6) is 0 Å². The lowest BCUT2D eigenvalue weighted by Crippen LogP contribution is -2.28. The summed E-state index contributed by atoms with van der Waals surface area (Å²) in [5.74, 6) is 1.81. The highest BCUT2D eigenvalue weighted by Crippen LogP contribution is 2.49. The van der Waals surface area contributed by atoms with E-state index in [2.05, 4.69) is 12.2 Å². The molecule has 2 bridgehead atoms. The molecule has 4 rings (SSSR count). The zero-order chi connectivity index (χ0) is 16.8. The smallest absolute Gasteiger partial charge is 0.251 e. The second kappa shape index (κ2) is 6.17. The van der Waals surface area contributed by atoms with Crippen molar-refractivity contribution >= 4 is 28.2 Å². The molecule has 0 aromatic carbocycles. The number of fused-ring (bicyclic) bond motifs is 3. The summed E-state index contributed by atoms with van der Waals surface area (Å²) >= 11 is 1.58. The molecule has 0 aliphatic heterocycles. The zero-order valence-electron chi connectivity index (χ0n) is 14.3. The Balaban J connectivity index is 1.57. The molecule has 0 spiro atoms. The van der Waals surface area contributed by atoms with Crippen molar-refractivity contribution in [1.82, 2.24) is 0 Å². The summed E-state index contributed by atoms with van der Waals surface area (Å²) in [6, 6.07) is 0. The van der Waals surface area contributed by atoms with Crippen molar-refractivity contribution in [3.8, 4) is 0 Å². The van der Waals surface area contributed by atoms with E-state index in [0.29, 0.717) is 22.4 Å². The molecule has 3 N–H and O–H groups in total. The van der Waals surface area contributed by atoms with Gasteiger partial charge in [-0.25, -0.2) is 0 Å². The fraction of sp³-hybridized carbons (Fsp3) is 0.684. The van der Waals surface area contributed by atoms with Crippen molar-refractivity contribution in [3.05, 3.63) is 16.0 Å². The first-order valence-corrected chi connectivity index (χ1v) is 10.1. The number of nitrogens with two attached hydrogens (primary N) is 1. The molecule has 0 saturated heterocycles. The SMILES string of the molecule is CC[C@H]1CCc2c(sc(NC(=O)[C@H]3C[C@@H]4CC[C@H]3C4)c2C(N)=O)C1. The van der Waals surface area contributed by atoms with Crippen LogP contribution >= 0.6 is 11.3 Å². The van der Waals surface area contributed by atoms with Gasteiger partial charge in [0.25, 0.3) is 5.91 Å². The topological polar surface area (TPSA) is 72.2 Å². The van der Waals surface area contributed by atoms with Crippen molar-refractivity contribution < 1.29 is 9.59 Å². The summed E-state index contributed by atoms with van der Waals surface area (Å²) in [4.78, 5) is 26.0. The molecule has 2 fully saturated rings. The van der Waals surface area contributed by atoms with E-state index in [1.807, 2.05) is 0 Å². The van der Waals surface area contributed by atoms with Crippen LogP contribution in [0.15, 0.2) is 0 Å². The molecule has 24 heavy (non-hydrogen) atoms. The second-order valence-electron chi connectivity index (χ2n) is 7.86. The van der Waals surface area contributed by atoms with Crippen molar-refractivity contribution in [2.45, 2.75) is 58.3 Å². The summed E-state index contributed by atoms with van der Waals surface area (Å²) < 4.78 is 0. The normalized spacial score (nSPS) is 31.0. The van der Waals surface area contributed by atoms with Crippen LogP contribution in [-0.2, 0) is 17.6 Å². The van der Waals surface area contributed by atoms with Gasteiger partial charge in [-0.2, -0.15) is 0 Å². The first-order valence-electron chi connectivity index (χ1n) is 9.32. The number of rotatable bonds is 4. The van der Waals surface area contributed by atoms with E-state index in [-0.39, 0.29) is 11.8 Å². The van der Waals surface area contributed by atoms with Gasteiger partial charge in [0.1, 0.15) is 5.00 Å². The maximum absolute atomic E-state index is 12.8. The molecule has 130 valence electrons. The van der Waals surface area contributed by atoms with Gasteiger partial charge in [-0.05, 0) is 61.8 Å². The van der Waals surface area contributed by atoms with Gasteiger partial charge >= 0.3 is 0 Å². The minimum absolute atomic E-state index is 0.107. The maximum Gasteiger partial charge on any atom is 0.251 e. The Morgan fingerprint density at radius 1 is 1.25 bits per heavy atom. The number of carbonyl (C=O) groups is 2. The number of thiophene rings is 1. The van der Waals surface area contributed by atoms with Crippen LogP contribution in [0.4, 0.5) is 5.00 Å². The minimum atomic E-state index is -0.398. The van der Waals surface area contributed by atoms with Gasteiger partial charge in [0.05, 0.1) is 5.56 Å². The molecule has 1 heterocycles. The maximum atomic E-state index is 12.8. The Morgan fingerprint density at radius 3 is 2.71 bits per heavy atom. The van der Waals surface area contributed by atoms with E-state index in [0.717, 1.165) is 43.6 Å². The second-order valence-corrected chi connectivity index (χ2v) is 8.97. The van der Waals surface area contributed by atoms with Crippen LogP contribution in [-0.4, -0.2) is 11.8 Å². The van der Waals surface area contributed by atoms with Crippen LogP contribution in [0.25, 0.3) is 0 Å². The minimum Gasteiger partial charge on any atom is -0.365 e. The molecule has 1 aromatic rings. The van der Waals surface area contributed by atoms with Crippen LogP contribution in [0.3, 0.4) is 0 Å². The monoisotopic (exact) mass is 346 g/mol. The third-order valence-electron chi connectivity index (χ3n) is 6.50. The van der Waals surface area contributed by atoms with Crippen LogP contribution in [0.2, 0.25) is 0 Å². The van der Waals surface area contributed by atoms with Crippen molar-refractivity contribution in [3.63, 3.8) is 0 Å². The summed E-state index contributed by atoms with van der Waals surface area (Å²) in [7, 11) is 0. The summed E-state index contributed by atoms with van der Waals surface area (Å²) in [5, 5.41) is 3.79. The average molecular weight is 346 g/mol. The molecule has 2 amide bonds. The van der Waals surface area contributed by atoms with Gasteiger partial charge in [-0.3, -0.25) is 9.59 Å². The highest BCUT2D eigenvalue weighted by molar-refractivity contribution is 7.17. The van der Waals surface area contributed by atoms with Crippen LogP contribution in [0.1, 0.15) is 66.2 Å². The van der Waals surface area contributed by atoms with Gasteiger partial charge in [0.2, 0.25) is 5.91 Å². The summed E-state index contributed by atoms with van der Waals surface area (Å²) in [5.41, 5.74) is 7.34. The molecule has 0 unspecified atom stereocenters. The largest absolute Gasteiger partial charge is 0.365 e. The van der Waals surface area contributed by atoms with Gasteiger partial charge in [-0.15, -0.1) is 11.3 Å². The average Bonchev–Trinajstić information content (AvgIpc) is 3.26. The fourth-order valence-corrected chi connectivity index (χ4v) is 6.49. The number of nitrogens with one attached hydrogen (secondary N) is 1. The molecular weight excluding hydrogens is 320 g/mol. The molecule has 3 aliphatic rings. The van der Waals surface area contributed by atoms with E-state index in [1.54, 1.807) is 11.3 Å². The van der Waals surface area contributed by atoms with Crippen molar-refractivity contribution in [1.29, 1.82) is 0 Å². The van der Waals surface area contributed by atoms with Crippen molar-refractivity contribution in [2.75, 3.05) is 5.32 Å². The third kappa shape index (κ3) is 2.67. The van der Waals surface area contributed by atoms with E-state index in [9.17, 15) is 9.59 Å². The van der Waals surface area contributed by atoms with Gasteiger partial charge in [0, 0.05) is 10.8 Å². The van der Waals surface area contributed by atoms with E-state index >= 15 is 0 Å². The Morgan fingerprint density at radius 2 is 2.08 bits per heavy atom. The molecule has 1 aromatic heterocycles. The van der Waals surface area contributed by atoms with Crippen LogP contribution in [0, 0.1) is 23.7 Å². The summed E-state index contributed by atoms with van der Waals surface area (Å²) in [6.07, 6.45) is 8.90. The third-order valence-corrected chi connectivity index (χ3v) is 7.67. The van der Waals surface area contributed by atoms with E-state index in [4.69, 9.17) is 5.73 Å². The van der Waals surface area contributed by atoms with E-state index in [1.165, 1.54) is 24.1 Å². The number of hydrogen-bond donors (Lipinski definition) is 2. The number of primary amides is 1. The molecule has 4 nitrogen and oxygen atoms in total. The lowest BCUT2D eigenvalue weighted by Gasteiger charge is -2.21. The number of amides is 2. The van der Waals surface area contributed by atoms with Crippen molar-refractivity contribution in [2.24, 2.45) is 29.4 Å². The number of anilines is 1. The summed E-state index contributed by atoms with van der Waals surface area (Å²) in [6.45, 7) is 2.22. The highest BCUT2D eigenvalue weighted by Gasteiger charge is 2.43.